The minimum Gasteiger partial charge on any atom is -0.508 e. The van der Waals surface area contributed by atoms with E-state index >= 15 is 0 Å². The molecule has 0 radical (unpaired) electrons. The molecule has 0 spiro atoms. The van der Waals surface area contributed by atoms with Crippen LogP contribution in [0.4, 0.5) is 0 Å². The van der Waals surface area contributed by atoms with Crippen molar-refractivity contribution < 1.29 is 29.0 Å². The summed E-state index contributed by atoms with van der Waals surface area (Å²) in [4.78, 5) is 50.1. The summed E-state index contributed by atoms with van der Waals surface area (Å²) >= 11 is 5.56. The van der Waals surface area contributed by atoms with Gasteiger partial charge in [-0.2, -0.15) is 0 Å². The Hall–Kier alpha value is -2.85. The molecule has 0 aliphatic carbocycles. The van der Waals surface area contributed by atoms with E-state index in [9.17, 15) is 24.3 Å². The van der Waals surface area contributed by atoms with Gasteiger partial charge in [0.05, 0.1) is 7.11 Å². The molecular formula is C22H31ClN4O6. The van der Waals surface area contributed by atoms with E-state index in [0.717, 1.165) is 0 Å². The van der Waals surface area contributed by atoms with Crippen LogP contribution < -0.4 is 16.1 Å². The summed E-state index contributed by atoms with van der Waals surface area (Å²) < 4.78 is 4.77. The summed E-state index contributed by atoms with van der Waals surface area (Å²) in [7, 11) is 1.27. The quantitative estimate of drug-likeness (QED) is 0.296. The number of carbonyl (C=O) groups excluding carboxylic acids is 4. The lowest BCUT2D eigenvalue weighted by molar-refractivity contribution is -0.151. The molecule has 33 heavy (non-hydrogen) atoms. The Morgan fingerprint density at radius 3 is 2.61 bits per heavy atom. The number of aromatic hydroxyl groups is 1. The maximum atomic E-state index is 13.4. The molecule has 0 aromatic heterocycles. The smallest absolute Gasteiger partial charge is 0.324 e. The van der Waals surface area contributed by atoms with Gasteiger partial charge in [0.1, 0.15) is 29.8 Å². The fourth-order valence-corrected chi connectivity index (χ4v) is 3.65. The highest BCUT2D eigenvalue weighted by Crippen LogP contribution is 2.16. The van der Waals surface area contributed by atoms with Gasteiger partial charge in [0.25, 0.3) is 5.91 Å². The molecule has 0 bridgehead atoms. The highest BCUT2D eigenvalue weighted by Gasteiger charge is 2.34. The second-order valence-electron chi connectivity index (χ2n) is 8.19. The van der Waals surface area contributed by atoms with Gasteiger partial charge in [0, 0.05) is 13.0 Å². The van der Waals surface area contributed by atoms with Crippen molar-refractivity contribution in [2.24, 2.45) is 5.92 Å². The fourth-order valence-electron chi connectivity index (χ4n) is 3.57. The summed E-state index contributed by atoms with van der Waals surface area (Å²) in [6, 6.07) is 3.78. The number of amides is 3. The van der Waals surface area contributed by atoms with Crippen LogP contribution in [0.2, 0.25) is 0 Å². The number of nitrogens with one attached hydrogen (secondary N) is 3. The standard InChI is InChI=1S/C22H31ClN4O6/c1-13(2)19(25-18(29)12-23)20(30)24-17(11-14-6-4-7-15(28)10-14)21(31)27-9-5-8-16(26-27)22(32)33-3/h4,6-7,10,13,16-17,19,26,28H,5,8-9,11-12H2,1-3H3,(H,24,30)(H,25,29). The molecule has 3 amide bonds. The minimum absolute atomic E-state index is 0.0290. The van der Waals surface area contributed by atoms with Gasteiger partial charge in [-0.3, -0.25) is 24.2 Å². The fraction of sp³-hybridized carbons (Fsp3) is 0.545. The normalized spacial score (nSPS) is 17.7. The van der Waals surface area contributed by atoms with Crippen LogP contribution in [0.15, 0.2) is 24.3 Å². The molecule has 1 fully saturated rings. The molecule has 3 unspecified atom stereocenters. The number of phenolic OH excluding ortho intramolecular Hbond substituents is 1. The van der Waals surface area contributed by atoms with E-state index < -0.39 is 41.8 Å². The third-order valence-corrected chi connectivity index (χ3v) is 5.53. The number of esters is 1. The lowest BCUT2D eigenvalue weighted by atomic mass is 10.0. The van der Waals surface area contributed by atoms with Gasteiger partial charge in [0.2, 0.25) is 11.8 Å². The molecule has 1 saturated heterocycles. The summed E-state index contributed by atoms with van der Waals surface area (Å²) in [6.45, 7) is 3.87. The van der Waals surface area contributed by atoms with Crippen molar-refractivity contribution in [2.75, 3.05) is 19.5 Å². The van der Waals surface area contributed by atoms with E-state index in [1.54, 1.807) is 26.0 Å². The zero-order chi connectivity index (χ0) is 24.5. The Morgan fingerprint density at radius 1 is 1.27 bits per heavy atom. The lowest BCUT2D eigenvalue weighted by Gasteiger charge is -2.35. The van der Waals surface area contributed by atoms with Gasteiger partial charge in [-0.15, -0.1) is 11.6 Å². The Morgan fingerprint density at radius 2 is 2.00 bits per heavy atom. The van der Waals surface area contributed by atoms with Gasteiger partial charge in [0.15, 0.2) is 0 Å². The highest BCUT2D eigenvalue weighted by atomic mass is 35.5. The van der Waals surface area contributed by atoms with Crippen molar-refractivity contribution in [1.82, 2.24) is 21.1 Å². The molecule has 3 atom stereocenters. The van der Waals surface area contributed by atoms with E-state index in [4.69, 9.17) is 16.3 Å². The molecule has 1 aliphatic heterocycles. The number of alkyl halides is 1. The maximum Gasteiger partial charge on any atom is 0.324 e. The minimum atomic E-state index is -1.02. The monoisotopic (exact) mass is 482 g/mol. The predicted octanol–water partition coefficient (Wildman–Crippen LogP) is 0.468. The van der Waals surface area contributed by atoms with Crippen LogP contribution in [0, 0.1) is 5.92 Å². The lowest BCUT2D eigenvalue weighted by Crippen LogP contribution is -2.62. The number of hydrogen-bond acceptors (Lipinski definition) is 7. The number of carbonyl (C=O) groups is 4. The van der Waals surface area contributed by atoms with Gasteiger partial charge < -0.3 is 20.5 Å². The van der Waals surface area contributed by atoms with Crippen molar-refractivity contribution >= 4 is 35.3 Å². The van der Waals surface area contributed by atoms with Gasteiger partial charge in [-0.05, 0) is 36.5 Å². The maximum absolute atomic E-state index is 13.4. The van der Waals surface area contributed by atoms with Gasteiger partial charge in [-0.25, -0.2) is 5.43 Å². The average Bonchev–Trinajstić information content (AvgIpc) is 2.80. The van der Waals surface area contributed by atoms with Crippen molar-refractivity contribution in [2.45, 2.75) is 51.2 Å². The molecule has 11 heteroatoms. The van der Waals surface area contributed by atoms with Crippen molar-refractivity contribution in [1.29, 1.82) is 0 Å². The van der Waals surface area contributed by atoms with Gasteiger partial charge in [-0.1, -0.05) is 26.0 Å². The molecule has 0 saturated carbocycles. The first kappa shape index (κ1) is 26.4. The molecule has 2 rings (SSSR count). The highest BCUT2D eigenvalue weighted by molar-refractivity contribution is 6.27. The Kier molecular flexibility index (Phi) is 9.93. The van der Waals surface area contributed by atoms with Crippen molar-refractivity contribution in [3.8, 4) is 5.75 Å². The molecule has 1 aliphatic rings. The first-order valence-electron chi connectivity index (χ1n) is 10.7. The largest absolute Gasteiger partial charge is 0.508 e. The average molecular weight is 483 g/mol. The molecule has 10 nitrogen and oxygen atoms in total. The number of benzene rings is 1. The van der Waals surface area contributed by atoms with Crippen LogP contribution in [0.3, 0.4) is 0 Å². The van der Waals surface area contributed by atoms with Gasteiger partial charge >= 0.3 is 5.97 Å². The molecule has 182 valence electrons. The summed E-state index contributed by atoms with van der Waals surface area (Å²) in [5, 5.41) is 16.4. The van der Waals surface area contributed by atoms with E-state index in [2.05, 4.69) is 16.1 Å². The molecule has 1 heterocycles. The number of hydrazine groups is 1. The van der Waals surface area contributed by atoms with Crippen LogP contribution in [0.1, 0.15) is 32.3 Å². The van der Waals surface area contributed by atoms with Crippen LogP contribution >= 0.6 is 11.6 Å². The van der Waals surface area contributed by atoms with E-state index in [0.29, 0.717) is 24.9 Å². The molecule has 1 aromatic rings. The number of halogens is 1. The summed E-state index contributed by atoms with van der Waals surface area (Å²) in [6.07, 6.45) is 1.18. The third kappa shape index (κ3) is 7.61. The Bertz CT molecular complexity index is 865. The SMILES string of the molecule is COC(=O)C1CCCN(C(=O)C(Cc2cccc(O)c2)NC(=O)C(NC(=O)CCl)C(C)C)N1. The van der Waals surface area contributed by atoms with Crippen LogP contribution in [-0.2, 0) is 30.3 Å². The van der Waals surface area contributed by atoms with E-state index in [1.807, 2.05) is 0 Å². The second kappa shape index (κ2) is 12.4. The number of rotatable bonds is 9. The number of nitrogens with zero attached hydrogens (tertiary/aromatic N) is 1. The second-order valence-corrected chi connectivity index (χ2v) is 8.46. The third-order valence-electron chi connectivity index (χ3n) is 5.29. The molecular weight excluding hydrogens is 452 g/mol. The molecule has 1 aromatic carbocycles. The number of ether oxygens (including phenoxy) is 1. The van der Waals surface area contributed by atoms with E-state index in [1.165, 1.54) is 24.3 Å². The van der Waals surface area contributed by atoms with Crippen molar-refractivity contribution in [3.63, 3.8) is 0 Å². The number of phenols is 1. The topological polar surface area (TPSA) is 137 Å². The Labute approximate surface area is 198 Å². The van der Waals surface area contributed by atoms with E-state index in [-0.39, 0.29) is 24.0 Å². The molecule has 4 N–H and O–H groups in total. The van der Waals surface area contributed by atoms with Crippen LogP contribution in [0.5, 0.6) is 5.75 Å². The Balaban J connectivity index is 2.25. The van der Waals surface area contributed by atoms with Crippen molar-refractivity contribution in [3.05, 3.63) is 29.8 Å². The van der Waals surface area contributed by atoms with Crippen LogP contribution in [-0.4, -0.2) is 71.5 Å². The zero-order valence-electron chi connectivity index (χ0n) is 19.0. The number of methoxy groups -OCH3 is 1. The predicted molar refractivity (Wildman–Crippen MR) is 121 cm³/mol. The van der Waals surface area contributed by atoms with Crippen LogP contribution in [0.25, 0.3) is 0 Å². The first-order valence-corrected chi connectivity index (χ1v) is 11.3. The zero-order valence-corrected chi connectivity index (χ0v) is 19.7. The summed E-state index contributed by atoms with van der Waals surface area (Å²) in [5.74, 6) is -2.50. The summed E-state index contributed by atoms with van der Waals surface area (Å²) in [5.41, 5.74) is 3.50. The number of hydrogen-bond donors (Lipinski definition) is 4. The first-order chi connectivity index (χ1) is 15.7.